The van der Waals surface area contributed by atoms with E-state index in [2.05, 4.69) is 6.07 Å². The Hall–Kier alpha value is -0.0169. The SMILES string of the molecule is CCO.CCO.CCO.[CH3-].[Zr+2].[c-]1ccccc1. The van der Waals surface area contributed by atoms with Gasteiger partial charge in [-0.25, -0.2) is 0 Å². The quantitative estimate of drug-likeness (QED) is 0.640. The average molecular weight is 322 g/mol. The summed E-state index contributed by atoms with van der Waals surface area (Å²) < 4.78 is 0. The second-order valence-corrected chi connectivity index (χ2v) is 2.03. The van der Waals surface area contributed by atoms with Crippen LogP contribution < -0.4 is 0 Å². The Morgan fingerprint density at radius 1 is 0.765 bits per heavy atom. The van der Waals surface area contributed by atoms with Gasteiger partial charge in [0.1, 0.15) is 0 Å². The molecule has 0 aliphatic carbocycles. The van der Waals surface area contributed by atoms with E-state index in [4.69, 9.17) is 15.3 Å². The standard InChI is InChI=1S/C6H5.3C2H6O.CH3.Zr/c1-2-4-6-5-3-1;3*1-2-3;;/h1-5H;3*3H,2H2,1H3;1H3;/q-1;;;;-1;+2. The molecule has 0 saturated carbocycles. The summed E-state index contributed by atoms with van der Waals surface area (Å²) in [6.45, 7) is 5.79. The molecule has 0 unspecified atom stereocenters. The summed E-state index contributed by atoms with van der Waals surface area (Å²) in [6, 6.07) is 12.5. The van der Waals surface area contributed by atoms with Gasteiger partial charge in [0.05, 0.1) is 0 Å². The van der Waals surface area contributed by atoms with Gasteiger partial charge in [-0.2, -0.15) is 36.4 Å². The van der Waals surface area contributed by atoms with E-state index < -0.39 is 0 Å². The first-order valence-electron chi connectivity index (χ1n) is 4.98. The van der Waals surface area contributed by atoms with Crippen LogP contribution in [-0.4, -0.2) is 35.1 Å². The molecule has 0 fully saturated rings. The zero-order valence-corrected chi connectivity index (χ0v) is 13.8. The van der Waals surface area contributed by atoms with E-state index in [1.165, 1.54) is 0 Å². The van der Waals surface area contributed by atoms with Crippen LogP contribution >= 0.6 is 0 Å². The molecule has 0 saturated heterocycles. The van der Waals surface area contributed by atoms with Crippen LogP contribution in [0.1, 0.15) is 20.8 Å². The topological polar surface area (TPSA) is 60.7 Å². The summed E-state index contributed by atoms with van der Waals surface area (Å²) in [6.07, 6.45) is 0. The summed E-state index contributed by atoms with van der Waals surface area (Å²) >= 11 is 0. The fourth-order valence-corrected chi connectivity index (χ4v) is 0.342. The minimum absolute atomic E-state index is 0. The van der Waals surface area contributed by atoms with Gasteiger partial charge in [0.15, 0.2) is 0 Å². The molecule has 0 amide bonds. The van der Waals surface area contributed by atoms with E-state index in [-0.39, 0.29) is 53.5 Å². The Morgan fingerprint density at radius 2 is 1.00 bits per heavy atom. The molecule has 3 nitrogen and oxygen atoms in total. The predicted molar refractivity (Wildman–Crippen MR) is 70.0 cm³/mol. The molecular weight excluding hydrogens is 295 g/mol. The first kappa shape index (κ1) is 30.2. The van der Waals surface area contributed by atoms with Crippen LogP contribution in [0.3, 0.4) is 0 Å². The van der Waals surface area contributed by atoms with E-state index in [1.54, 1.807) is 20.8 Å². The maximum Gasteiger partial charge on any atom is 2.00 e. The molecule has 4 heteroatoms. The molecule has 0 aliphatic rings. The van der Waals surface area contributed by atoms with Gasteiger partial charge in [0.2, 0.25) is 0 Å². The van der Waals surface area contributed by atoms with E-state index >= 15 is 0 Å². The number of aliphatic hydroxyl groups excluding tert-OH is 3. The number of rotatable bonds is 0. The summed E-state index contributed by atoms with van der Waals surface area (Å²) in [5.41, 5.74) is 0. The van der Waals surface area contributed by atoms with Crippen LogP contribution in [0.5, 0.6) is 0 Å². The van der Waals surface area contributed by atoms with Crippen molar-refractivity contribution in [2.24, 2.45) is 0 Å². The van der Waals surface area contributed by atoms with E-state index in [0.29, 0.717) is 0 Å². The maximum absolute atomic E-state index is 7.57. The van der Waals surface area contributed by atoms with Crippen molar-refractivity contribution in [3.05, 3.63) is 43.8 Å². The monoisotopic (exact) mass is 320 g/mol. The molecule has 0 bridgehead atoms. The summed E-state index contributed by atoms with van der Waals surface area (Å²) in [7, 11) is 0. The Balaban J connectivity index is -0.0000000390. The second-order valence-electron chi connectivity index (χ2n) is 2.03. The van der Waals surface area contributed by atoms with Crippen molar-refractivity contribution in [1.29, 1.82) is 0 Å². The van der Waals surface area contributed by atoms with Crippen molar-refractivity contribution < 1.29 is 41.5 Å². The van der Waals surface area contributed by atoms with Crippen molar-refractivity contribution >= 4 is 0 Å². The third kappa shape index (κ3) is 87.3. The van der Waals surface area contributed by atoms with Crippen LogP contribution in [0.15, 0.2) is 30.3 Å². The van der Waals surface area contributed by atoms with Crippen LogP contribution in [0, 0.1) is 13.5 Å². The molecule has 3 N–H and O–H groups in total. The molecule has 0 heterocycles. The van der Waals surface area contributed by atoms with Crippen molar-refractivity contribution in [2.75, 3.05) is 19.8 Å². The minimum atomic E-state index is 0. The molecule has 100 valence electrons. The zero-order chi connectivity index (χ0) is 12.4. The molecule has 0 atom stereocenters. The number of aliphatic hydroxyl groups is 3. The van der Waals surface area contributed by atoms with E-state index in [9.17, 15) is 0 Å². The third-order valence-corrected chi connectivity index (χ3v) is 0.607. The van der Waals surface area contributed by atoms with Crippen LogP contribution in [0.2, 0.25) is 0 Å². The summed E-state index contributed by atoms with van der Waals surface area (Å²) in [5.74, 6) is 0. The summed E-state index contributed by atoms with van der Waals surface area (Å²) in [5, 5.41) is 22.7. The average Bonchev–Trinajstić information content (AvgIpc) is 2.24. The minimum Gasteiger partial charge on any atom is -0.397 e. The van der Waals surface area contributed by atoms with Crippen molar-refractivity contribution in [2.45, 2.75) is 20.8 Å². The number of hydrogen-bond donors (Lipinski definition) is 3. The molecule has 1 aromatic rings. The van der Waals surface area contributed by atoms with Crippen molar-refractivity contribution in [3.8, 4) is 0 Å². The van der Waals surface area contributed by atoms with Gasteiger partial charge in [-0.15, -0.1) is 0 Å². The second kappa shape index (κ2) is 44.5. The predicted octanol–water partition coefficient (Wildman–Crippen LogP) is 1.93. The zero-order valence-electron chi connectivity index (χ0n) is 11.3. The third-order valence-electron chi connectivity index (χ3n) is 0.607. The Labute approximate surface area is 126 Å². The van der Waals surface area contributed by atoms with Crippen LogP contribution in [-0.2, 0) is 26.2 Å². The van der Waals surface area contributed by atoms with Gasteiger partial charge in [0, 0.05) is 19.8 Å². The normalized spacial score (nSPS) is 6.00. The maximum atomic E-state index is 7.57. The van der Waals surface area contributed by atoms with Gasteiger partial charge < -0.3 is 22.7 Å². The Kier molecular flexibility index (Phi) is 79.0. The summed E-state index contributed by atoms with van der Waals surface area (Å²) in [4.78, 5) is 0. The van der Waals surface area contributed by atoms with Crippen LogP contribution in [0.4, 0.5) is 0 Å². The van der Waals surface area contributed by atoms with E-state index in [0.717, 1.165) is 0 Å². The van der Waals surface area contributed by atoms with Gasteiger partial charge in [0.25, 0.3) is 0 Å². The first-order valence-corrected chi connectivity index (χ1v) is 4.98. The fourth-order valence-electron chi connectivity index (χ4n) is 0.342. The Bertz CT molecular complexity index is 117. The largest absolute Gasteiger partial charge is 2.00 e. The molecule has 0 aliphatic heterocycles. The van der Waals surface area contributed by atoms with Gasteiger partial charge in [-0.05, 0) is 20.8 Å². The first-order chi connectivity index (χ1) is 7.24. The Morgan fingerprint density at radius 3 is 1.06 bits per heavy atom. The molecular formula is C13H26O3Zr. The van der Waals surface area contributed by atoms with Crippen molar-refractivity contribution in [3.63, 3.8) is 0 Å². The molecule has 1 rings (SSSR count). The van der Waals surface area contributed by atoms with Gasteiger partial charge in [-0.3, -0.25) is 0 Å². The van der Waals surface area contributed by atoms with Gasteiger partial charge in [-0.1, -0.05) is 0 Å². The smallest absolute Gasteiger partial charge is 0.397 e. The van der Waals surface area contributed by atoms with Crippen LogP contribution in [0.25, 0.3) is 0 Å². The molecule has 17 heavy (non-hydrogen) atoms. The molecule has 1 aromatic carbocycles. The number of hydrogen-bond acceptors (Lipinski definition) is 3. The van der Waals surface area contributed by atoms with Gasteiger partial charge >= 0.3 is 26.2 Å². The van der Waals surface area contributed by atoms with Crippen molar-refractivity contribution in [1.82, 2.24) is 0 Å². The molecule has 0 spiro atoms. The van der Waals surface area contributed by atoms with E-state index in [1.807, 2.05) is 30.3 Å². The molecule has 0 radical (unpaired) electrons. The number of benzene rings is 1. The fraction of sp³-hybridized carbons (Fsp3) is 0.462. The molecule has 0 aromatic heterocycles.